The SMILES string of the molecule is COC(=O)c1cc(OCc2cccc(C(F)(F)F)c2)c2cc(OC)c(OC)cc2n1. The summed E-state index contributed by atoms with van der Waals surface area (Å²) in [4.78, 5) is 16.2. The monoisotopic (exact) mass is 421 g/mol. The average molecular weight is 421 g/mol. The number of carbonyl (C=O) groups excluding carboxylic acids is 1. The molecule has 0 atom stereocenters. The summed E-state index contributed by atoms with van der Waals surface area (Å²) in [5.41, 5.74) is -0.106. The molecule has 3 aromatic rings. The van der Waals surface area contributed by atoms with Crippen molar-refractivity contribution >= 4 is 16.9 Å². The fraction of sp³-hybridized carbons (Fsp3) is 0.238. The van der Waals surface area contributed by atoms with Crippen molar-refractivity contribution in [2.24, 2.45) is 0 Å². The summed E-state index contributed by atoms with van der Waals surface area (Å²) >= 11 is 0. The van der Waals surface area contributed by atoms with E-state index in [-0.39, 0.29) is 18.1 Å². The molecule has 158 valence electrons. The number of benzene rings is 2. The van der Waals surface area contributed by atoms with Gasteiger partial charge in [0.15, 0.2) is 17.2 Å². The molecule has 2 aromatic carbocycles. The van der Waals surface area contributed by atoms with Gasteiger partial charge in [-0.2, -0.15) is 13.2 Å². The van der Waals surface area contributed by atoms with Gasteiger partial charge in [0.1, 0.15) is 12.4 Å². The van der Waals surface area contributed by atoms with E-state index in [4.69, 9.17) is 18.9 Å². The van der Waals surface area contributed by atoms with Crippen molar-refractivity contribution in [1.82, 2.24) is 4.98 Å². The van der Waals surface area contributed by atoms with E-state index in [0.717, 1.165) is 12.1 Å². The Hall–Kier alpha value is -3.49. The first-order valence-corrected chi connectivity index (χ1v) is 8.71. The zero-order chi connectivity index (χ0) is 21.9. The van der Waals surface area contributed by atoms with Crippen LogP contribution in [0.5, 0.6) is 17.2 Å². The summed E-state index contributed by atoms with van der Waals surface area (Å²) in [5, 5.41) is 0.493. The molecular formula is C21H18F3NO5. The van der Waals surface area contributed by atoms with Crippen LogP contribution in [0, 0.1) is 0 Å². The molecule has 0 N–H and O–H groups in total. The van der Waals surface area contributed by atoms with Crippen LogP contribution in [-0.2, 0) is 17.5 Å². The smallest absolute Gasteiger partial charge is 0.416 e. The van der Waals surface area contributed by atoms with E-state index in [9.17, 15) is 18.0 Å². The fourth-order valence-electron chi connectivity index (χ4n) is 2.85. The Balaban J connectivity index is 2.04. The average Bonchev–Trinajstić information content (AvgIpc) is 2.75. The zero-order valence-electron chi connectivity index (χ0n) is 16.4. The standard InChI is InChI=1S/C21H18F3NO5/c1-27-18-8-14-15(9-19(18)28-2)25-16(20(26)29-3)10-17(14)30-11-12-5-4-6-13(7-12)21(22,23)24/h4-10H,11H2,1-3H3. The van der Waals surface area contributed by atoms with Gasteiger partial charge in [-0.3, -0.25) is 0 Å². The molecule has 0 radical (unpaired) electrons. The van der Waals surface area contributed by atoms with Crippen LogP contribution >= 0.6 is 0 Å². The van der Waals surface area contributed by atoms with Gasteiger partial charge in [0.25, 0.3) is 0 Å². The zero-order valence-corrected chi connectivity index (χ0v) is 16.4. The lowest BCUT2D eigenvalue weighted by Gasteiger charge is -2.14. The van der Waals surface area contributed by atoms with Crippen LogP contribution in [0.1, 0.15) is 21.6 Å². The van der Waals surface area contributed by atoms with Crippen molar-refractivity contribution in [2.45, 2.75) is 12.8 Å². The van der Waals surface area contributed by atoms with Crippen LogP contribution in [0.4, 0.5) is 13.2 Å². The minimum atomic E-state index is -4.46. The number of fused-ring (bicyclic) bond motifs is 1. The molecule has 0 aliphatic rings. The minimum Gasteiger partial charge on any atom is -0.493 e. The third-order valence-corrected chi connectivity index (χ3v) is 4.32. The van der Waals surface area contributed by atoms with Gasteiger partial charge in [-0.05, 0) is 23.8 Å². The van der Waals surface area contributed by atoms with Gasteiger partial charge >= 0.3 is 12.1 Å². The first-order valence-electron chi connectivity index (χ1n) is 8.71. The van der Waals surface area contributed by atoms with Crippen LogP contribution in [0.15, 0.2) is 42.5 Å². The van der Waals surface area contributed by atoms with Gasteiger partial charge in [-0.15, -0.1) is 0 Å². The molecule has 30 heavy (non-hydrogen) atoms. The molecule has 0 aliphatic heterocycles. The third kappa shape index (κ3) is 4.40. The molecule has 0 aliphatic carbocycles. The maximum absolute atomic E-state index is 12.9. The maximum Gasteiger partial charge on any atom is 0.416 e. The van der Waals surface area contributed by atoms with E-state index < -0.39 is 17.7 Å². The quantitative estimate of drug-likeness (QED) is 0.541. The number of pyridine rings is 1. The minimum absolute atomic E-state index is 0.0173. The topological polar surface area (TPSA) is 66.9 Å². The first kappa shape index (κ1) is 21.2. The van der Waals surface area contributed by atoms with Gasteiger partial charge in [0.2, 0.25) is 0 Å². The Morgan fingerprint density at radius 1 is 0.967 bits per heavy atom. The lowest BCUT2D eigenvalue weighted by molar-refractivity contribution is -0.137. The van der Waals surface area contributed by atoms with Crippen LogP contribution < -0.4 is 14.2 Å². The van der Waals surface area contributed by atoms with Crippen LogP contribution in [0.25, 0.3) is 10.9 Å². The lowest BCUT2D eigenvalue weighted by atomic mass is 10.1. The molecule has 0 amide bonds. The number of hydrogen-bond donors (Lipinski definition) is 0. The van der Waals surface area contributed by atoms with Crippen molar-refractivity contribution in [3.05, 3.63) is 59.3 Å². The highest BCUT2D eigenvalue weighted by Gasteiger charge is 2.30. The first-order chi connectivity index (χ1) is 14.3. The Bertz CT molecular complexity index is 1080. The van der Waals surface area contributed by atoms with Gasteiger partial charge in [-0.25, -0.2) is 9.78 Å². The highest BCUT2D eigenvalue weighted by molar-refractivity contribution is 5.95. The summed E-state index contributed by atoms with van der Waals surface area (Å²) in [5.74, 6) is 0.347. The van der Waals surface area contributed by atoms with Crippen LogP contribution in [-0.4, -0.2) is 32.3 Å². The molecule has 0 saturated heterocycles. The number of nitrogens with zero attached hydrogens (tertiary/aromatic N) is 1. The van der Waals surface area contributed by atoms with E-state index in [1.807, 2.05) is 0 Å². The molecule has 6 nitrogen and oxygen atoms in total. The number of alkyl halides is 3. The molecular weight excluding hydrogens is 403 g/mol. The van der Waals surface area contributed by atoms with Gasteiger partial charge in [0.05, 0.1) is 32.4 Å². The molecule has 0 spiro atoms. The van der Waals surface area contributed by atoms with Gasteiger partial charge in [0, 0.05) is 17.5 Å². The number of halogens is 3. The summed E-state index contributed by atoms with van der Waals surface area (Å²) in [6, 6.07) is 9.37. The van der Waals surface area contributed by atoms with Crippen molar-refractivity contribution in [3.63, 3.8) is 0 Å². The third-order valence-electron chi connectivity index (χ3n) is 4.32. The van der Waals surface area contributed by atoms with Crippen molar-refractivity contribution in [1.29, 1.82) is 0 Å². The van der Waals surface area contributed by atoms with Crippen molar-refractivity contribution < 1.29 is 36.9 Å². The molecule has 9 heteroatoms. The number of carbonyl (C=O) groups is 1. The predicted octanol–water partition coefficient (Wildman–Crippen LogP) is 4.64. The van der Waals surface area contributed by atoms with E-state index in [0.29, 0.717) is 28.0 Å². The van der Waals surface area contributed by atoms with Gasteiger partial charge in [-0.1, -0.05) is 12.1 Å². The van der Waals surface area contributed by atoms with Crippen LogP contribution in [0.3, 0.4) is 0 Å². The van der Waals surface area contributed by atoms with E-state index in [1.165, 1.54) is 39.5 Å². The van der Waals surface area contributed by atoms with E-state index in [1.54, 1.807) is 12.1 Å². The largest absolute Gasteiger partial charge is 0.493 e. The predicted molar refractivity (Wildman–Crippen MR) is 102 cm³/mol. The Morgan fingerprint density at radius 3 is 2.30 bits per heavy atom. The van der Waals surface area contributed by atoms with Crippen LogP contribution in [0.2, 0.25) is 0 Å². The Morgan fingerprint density at radius 2 is 1.67 bits per heavy atom. The number of aromatic nitrogens is 1. The maximum atomic E-state index is 12.9. The molecule has 1 aromatic heterocycles. The summed E-state index contributed by atoms with van der Waals surface area (Å²) in [7, 11) is 4.13. The second-order valence-electron chi connectivity index (χ2n) is 6.21. The molecule has 1 heterocycles. The number of rotatable bonds is 6. The molecule has 3 rings (SSSR count). The molecule has 0 unspecified atom stereocenters. The van der Waals surface area contributed by atoms with E-state index >= 15 is 0 Å². The van der Waals surface area contributed by atoms with E-state index in [2.05, 4.69) is 4.98 Å². The summed E-state index contributed by atoms with van der Waals surface area (Å²) in [6.07, 6.45) is -4.46. The number of esters is 1. The highest BCUT2D eigenvalue weighted by Crippen LogP contribution is 2.36. The molecule has 0 saturated carbocycles. The van der Waals surface area contributed by atoms with Gasteiger partial charge < -0.3 is 18.9 Å². The second-order valence-corrected chi connectivity index (χ2v) is 6.21. The lowest BCUT2D eigenvalue weighted by Crippen LogP contribution is -2.07. The second kappa shape index (κ2) is 8.48. The Kier molecular flexibility index (Phi) is 6.00. The number of ether oxygens (including phenoxy) is 4. The van der Waals surface area contributed by atoms with Crippen molar-refractivity contribution in [2.75, 3.05) is 21.3 Å². The molecule has 0 bridgehead atoms. The summed E-state index contributed by atoms with van der Waals surface area (Å²) in [6.45, 7) is -0.155. The fourth-order valence-corrected chi connectivity index (χ4v) is 2.85. The number of methoxy groups -OCH3 is 3. The normalized spacial score (nSPS) is 11.3. The summed E-state index contributed by atoms with van der Waals surface area (Å²) < 4.78 is 59.9. The van der Waals surface area contributed by atoms with Crippen molar-refractivity contribution in [3.8, 4) is 17.2 Å². The Labute approximate surface area is 170 Å². The number of hydrogen-bond acceptors (Lipinski definition) is 6. The highest BCUT2D eigenvalue weighted by atomic mass is 19.4. The molecule has 0 fully saturated rings.